The lowest BCUT2D eigenvalue weighted by atomic mass is 9.97. The summed E-state index contributed by atoms with van der Waals surface area (Å²) in [5.41, 5.74) is 0.582. The number of rotatable bonds is 2. The number of halogens is 3. The summed E-state index contributed by atoms with van der Waals surface area (Å²) in [7, 11) is 1.21. The number of alkyl halides is 3. The van der Waals surface area contributed by atoms with Crippen LogP contribution < -0.4 is 4.74 Å². The van der Waals surface area contributed by atoms with Gasteiger partial charge < -0.3 is 19.1 Å². The monoisotopic (exact) mass is 387 g/mol. The van der Waals surface area contributed by atoms with Crippen molar-refractivity contribution < 1.29 is 37.0 Å². The molecule has 2 aliphatic rings. The Morgan fingerprint density at radius 3 is 2.56 bits per heavy atom. The van der Waals surface area contributed by atoms with E-state index in [2.05, 4.69) is 4.74 Å². The van der Waals surface area contributed by atoms with Gasteiger partial charge in [-0.15, -0.1) is 0 Å². The van der Waals surface area contributed by atoms with Crippen LogP contribution in [0.1, 0.15) is 28.8 Å². The lowest BCUT2D eigenvalue weighted by molar-refractivity contribution is -0.198. The van der Waals surface area contributed by atoms with Crippen molar-refractivity contribution in [2.75, 3.05) is 26.9 Å². The van der Waals surface area contributed by atoms with Gasteiger partial charge in [0.05, 0.1) is 19.2 Å². The van der Waals surface area contributed by atoms with E-state index < -0.39 is 36.6 Å². The Kier molecular flexibility index (Phi) is 5.59. The van der Waals surface area contributed by atoms with E-state index >= 15 is 0 Å². The minimum atomic E-state index is -4.63. The SMILES string of the molecule is COC(=O)c1ccc2c(c1)OCC(C(F)(F)F)N(C(=O)C1CCOCC1)C2. The number of methoxy groups -OCH3 is 1. The molecule has 27 heavy (non-hydrogen) atoms. The fourth-order valence-corrected chi connectivity index (χ4v) is 3.30. The van der Waals surface area contributed by atoms with Crippen molar-refractivity contribution in [2.45, 2.75) is 31.6 Å². The van der Waals surface area contributed by atoms with Crippen molar-refractivity contribution in [1.29, 1.82) is 0 Å². The van der Waals surface area contributed by atoms with Gasteiger partial charge in [0, 0.05) is 24.7 Å². The van der Waals surface area contributed by atoms with Crippen LogP contribution in [0.2, 0.25) is 0 Å². The van der Waals surface area contributed by atoms with E-state index in [0.29, 0.717) is 31.6 Å². The van der Waals surface area contributed by atoms with Gasteiger partial charge in [-0.2, -0.15) is 13.2 Å². The van der Waals surface area contributed by atoms with Crippen molar-refractivity contribution in [3.63, 3.8) is 0 Å². The lowest BCUT2D eigenvalue weighted by Crippen LogP contribution is -2.52. The molecule has 0 radical (unpaired) electrons. The fraction of sp³-hybridized carbons (Fsp3) is 0.556. The van der Waals surface area contributed by atoms with Crippen molar-refractivity contribution in [1.82, 2.24) is 4.90 Å². The van der Waals surface area contributed by atoms with Crippen LogP contribution in [0.4, 0.5) is 13.2 Å². The van der Waals surface area contributed by atoms with Crippen LogP contribution in [-0.2, 0) is 20.8 Å². The second-order valence-corrected chi connectivity index (χ2v) is 6.54. The molecule has 1 aromatic carbocycles. The number of carbonyl (C=O) groups excluding carboxylic acids is 2. The maximum Gasteiger partial charge on any atom is 0.412 e. The standard InChI is InChI=1S/C18H20F3NO5/c1-25-17(24)12-2-3-13-9-22(16(23)11-4-6-26-7-5-11)15(18(19,20)21)10-27-14(13)8-12/h2-3,8,11,15H,4-7,9-10H2,1H3. The Morgan fingerprint density at radius 1 is 1.22 bits per heavy atom. The largest absolute Gasteiger partial charge is 0.491 e. The molecule has 0 aromatic heterocycles. The third-order valence-electron chi connectivity index (χ3n) is 4.83. The van der Waals surface area contributed by atoms with Gasteiger partial charge in [0.25, 0.3) is 0 Å². The number of amides is 1. The van der Waals surface area contributed by atoms with Crippen LogP contribution in [0.5, 0.6) is 5.75 Å². The lowest BCUT2D eigenvalue weighted by Gasteiger charge is -2.34. The molecule has 2 aliphatic heterocycles. The Labute approximate surface area is 154 Å². The minimum Gasteiger partial charge on any atom is -0.491 e. The quantitative estimate of drug-likeness (QED) is 0.730. The van der Waals surface area contributed by atoms with Crippen molar-refractivity contribution in [3.05, 3.63) is 29.3 Å². The van der Waals surface area contributed by atoms with Crippen molar-refractivity contribution in [2.24, 2.45) is 5.92 Å². The number of benzene rings is 1. The maximum absolute atomic E-state index is 13.6. The normalized spacial score (nSPS) is 21.0. The molecule has 9 heteroatoms. The number of hydrogen-bond acceptors (Lipinski definition) is 5. The number of carbonyl (C=O) groups is 2. The molecular weight excluding hydrogens is 367 g/mol. The molecule has 6 nitrogen and oxygen atoms in total. The van der Waals surface area contributed by atoms with Crippen LogP contribution in [0.3, 0.4) is 0 Å². The highest BCUT2D eigenvalue weighted by atomic mass is 19.4. The summed E-state index contributed by atoms with van der Waals surface area (Å²) < 4.78 is 56.0. The molecule has 0 spiro atoms. The van der Waals surface area contributed by atoms with E-state index in [-0.39, 0.29) is 17.9 Å². The van der Waals surface area contributed by atoms with Gasteiger partial charge in [-0.3, -0.25) is 4.79 Å². The average molecular weight is 387 g/mol. The van der Waals surface area contributed by atoms with Gasteiger partial charge in [-0.25, -0.2) is 4.79 Å². The van der Waals surface area contributed by atoms with E-state index in [1.54, 1.807) is 0 Å². The molecule has 1 amide bonds. The van der Waals surface area contributed by atoms with Gasteiger partial charge in [0.2, 0.25) is 5.91 Å². The number of nitrogens with zero attached hydrogens (tertiary/aromatic N) is 1. The van der Waals surface area contributed by atoms with E-state index in [1.807, 2.05) is 0 Å². The second-order valence-electron chi connectivity index (χ2n) is 6.54. The first-order valence-electron chi connectivity index (χ1n) is 8.60. The first-order chi connectivity index (χ1) is 12.8. The zero-order valence-electron chi connectivity index (χ0n) is 14.8. The summed E-state index contributed by atoms with van der Waals surface area (Å²) >= 11 is 0. The predicted octanol–water partition coefficient (Wildman–Crippen LogP) is 2.55. The molecule has 3 rings (SSSR count). The first kappa shape index (κ1) is 19.5. The summed E-state index contributed by atoms with van der Waals surface area (Å²) in [5, 5.41) is 0. The summed E-state index contributed by atoms with van der Waals surface area (Å²) in [6.45, 7) is -0.250. The van der Waals surface area contributed by atoms with E-state index in [0.717, 1.165) is 4.90 Å². The van der Waals surface area contributed by atoms with Crippen molar-refractivity contribution in [3.8, 4) is 5.75 Å². The molecule has 1 aromatic rings. The molecule has 2 heterocycles. The van der Waals surface area contributed by atoms with Crippen molar-refractivity contribution >= 4 is 11.9 Å². The third-order valence-corrected chi connectivity index (χ3v) is 4.83. The van der Waals surface area contributed by atoms with Crippen LogP contribution >= 0.6 is 0 Å². The molecule has 1 fully saturated rings. The summed E-state index contributed by atoms with van der Waals surface area (Å²) in [6, 6.07) is 2.22. The first-order valence-corrected chi connectivity index (χ1v) is 8.60. The fourth-order valence-electron chi connectivity index (χ4n) is 3.30. The van der Waals surface area contributed by atoms with Crippen LogP contribution in [0, 0.1) is 5.92 Å². The molecule has 0 saturated carbocycles. The van der Waals surface area contributed by atoms with Crippen LogP contribution in [0.15, 0.2) is 18.2 Å². The predicted molar refractivity (Wildman–Crippen MR) is 87.2 cm³/mol. The number of esters is 1. The number of ether oxygens (including phenoxy) is 3. The zero-order valence-corrected chi connectivity index (χ0v) is 14.8. The summed E-state index contributed by atoms with van der Waals surface area (Å²) in [5.74, 6) is -1.52. The smallest absolute Gasteiger partial charge is 0.412 e. The summed E-state index contributed by atoms with van der Waals surface area (Å²) in [6.07, 6.45) is -3.84. The van der Waals surface area contributed by atoms with Gasteiger partial charge in [0.1, 0.15) is 12.4 Å². The van der Waals surface area contributed by atoms with Gasteiger partial charge in [-0.05, 0) is 25.0 Å². The Morgan fingerprint density at radius 2 is 1.93 bits per heavy atom. The maximum atomic E-state index is 13.6. The van der Waals surface area contributed by atoms with Gasteiger partial charge in [0.15, 0.2) is 6.04 Å². The van der Waals surface area contributed by atoms with Gasteiger partial charge in [-0.1, -0.05) is 6.07 Å². The molecule has 0 aliphatic carbocycles. The third kappa shape index (κ3) is 4.18. The number of fused-ring (bicyclic) bond motifs is 1. The molecule has 0 N–H and O–H groups in total. The van der Waals surface area contributed by atoms with Gasteiger partial charge >= 0.3 is 12.1 Å². The number of hydrogen-bond donors (Lipinski definition) is 0. The highest BCUT2D eigenvalue weighted by Gasteiger charge is 2.48. The average Bonchev–Trinajstić information content (AvgIpc) is 2.86. The molecule has 1 unspecified atom stereocenters. The second kappa shape index (κ2) is 7.75. The molecule has 1 saturated heterocycles. The highest BCUT2D eigenvalue weighted by Crippen LogP contribution is 2.34. The highest BCUT2D eigenvalue weighted by molar-refractivity contribution is 5.90. The minimum absolute atomic E-state index is 0.148. The topological polar surface area (TPSA) is 65.1 Å². The van der Waals surface area contributed by atoms with E-state index in [4.69, 9.17) is 9.47 Å². The van der Waals surface area contributed by atoms with Crippen LogP contribution in [-0.4, -0.2) is 55.9 Å². The molecule has 1 atom stereocenters. The molecular formula is C18H20F3NO5. The molecule has 148 valence electrons. The molecule has 0 bridgehead atoms. The Balaban J connectivity index is 1.91. The van der Waals surface area contributed by atoms with E-state index in [1.165, 1.54) is 25.3 Å². The Bertz CT molecular complexity index is 715. The van der Waals surface area contributed by atoms with Crippen LogP contribution in [0.25, 0.3) is 0 Å². The van der Waals surface area contributed by atoms with E-state index in [9.17, 15) is 22.8 Å². The summed E-state index contributed by atoms with van der Waals surface area (Å²) in [4.78, 5) is 25.3. The zero-order chi connectivity index (χ0) is 19.6. The Hall–Kier alpha value is -2.29.